The summed E-state index contributed by atoms with van der Waals surface area (Å²) in [6.45, 7) is 0.663. The van der Waals surface area contributed by atoms with E-state index in [9.17, 15) is 9.59 Å². The molecule has 0 bridgehead atoms. The molecule has 8 N–H and O–H groups in total. The Hall–Kier alpha value is -4.96. The van der Waals surface area contributed by atoms with Gasteiger partial charge in [-0.05, 0) is 67.5 Å². The summed E-state index contributed by atoms with van der Waals surface area (Å²) in [7, 11) is 0. The van der Waals surface area contributed by atoms with Crippen molar-refractivity contribution in [2.75, 3.05) is 17.6 Å². The van der Waals surface area contributed by atoms with E-state index >= 15 is 0 Å². The summed E-state index contributed by atoms with van der Waals surface area (Å²) in [5.41, 5.74) is 16.8. The van der Waals surface area contributed by atoms with Crippen molar-refractivity contribution in [1.29, 1.82) is 0 Å². The van der Waals surface area contributed by atoms with Crippen molar-refractivity contribution in [3.8, 4) is 11.3 Å². The summed E-state index contributed by atoms with van der Waals surface area (Å²) in [5, 5.41) is 14.3. The smallest absolute Gasteiger partial charge is 0.228 e. The molecule has 10 heteroatoms. The first-order valence-electron chi connectivity index (χ1n) is 15.2. The monoisotopic (exact) mass is 590 g/mol. The number of aromatic nitrogens is 4. The number of aromatic amines is 2. The molecule has 0 aliphatic heterocycles. The van der Waals surface area contributed by atoms with Crippen molar-refractivity contribution in [1.82, 2.24) is 25.5 Å². The van der Waals surface area contributed by atoms with Crippen LogP contribution in [0.5, 0.6) is 0 Å². The van der Waals surface area contributed by atoms with Crippen LogP contribution in [0.4, 0.5) is 11.5 Å². The highest BCUT2D eigenvalue weighted by Crippen LogP contribution is 2.31. The van der Waals surface area contributed by atoms with E-state index in [1.54, 1.807) is 0 Å². The van der Waals surface area contributed by atoms with E-state index in [-0.39, 0.29) is 24.2 Å². The number of rotatable bonds is 10. The Morgan fingerprint density at radius 2 is 1.75 bits per heavy atom. The van der Waals surface area contributed by atoms with Crippen LogP contribution >= 0.6 is 0 Å². The summed E-state index contributed by atoms with van der Waals surface area (Å²) in [5.74, 6) is 1.42. The van der Waals surface area contributed by atoms with Crippen LogP contribution in [-0.4, -0.2) is 38.5 Å². The topological polar surface area (TPSA) is 168 Å². The number of para-hydroxylation sites is 1. The molecule has 6 rings (SSSR count). The van der Waals surface area contributed by atoms with Gasteiger partial charge >= 0.3 is 0 Å². The molecule has 5 aromatic rings. The third-order valence-corrected chi connectivity index (χ3v) is 8.61. The Balaban J connectivity index is 1.25. The number of nitrogens with one attached hydrogen (secondary N) is 4. The van der Waals surface area contributed by atoms with Crippen molar-refractivity contribution in [3.63, 3.8) is 0 Å². The fourth-order valence-corrected chi connectivity index (χ4v) is 6.04. The quantitative estimate of drug-likeness (QED) is 0.135. The van der Waals surface area contributed by atoms with Crippen molar-refractivity contribution in [3.05, 3.63) is 95.9 Å². The number of imidazole rings is 1. The second-order valence-electron chi connectivity index (χ2n) is 11.6. The normalized spacial score (nSPS) is 17.3. The number of amides is 2. The lowest BCUT2D eigenvalue weighted by Gasteiger charge is -2.28. The van der Waals surface area contributed by atoms with Crippen LogP contribution in [0.2, 0.25) is 0 Å². The number of anilines is 2. The molecule has 1 aliphatic rings. The Morgan fingerprint density at radius 3 is 2.55 bits per heavy atom. The molecule has 226 valence electrons. The van der Waals surface area contributed by atoms with Gasteiger partial charge in [-0.2, -0.15) is 5.10 Å². The minimum absolute atomic E-state index is 0.0170. The summed E-state index contributed by atoms with van der Waals surface area (Å²) < 4.78 is 0. The molecule has 10 nitrogen and oxygen atoms in total. The fraction of sp³-hybridized carbons (Fsp3) is 0.294. The molecule has 44 heavy (non-hydrogen) atoms. The molecule has 0 saturated heterocycles. The summed E-state index contributed by atoms with van der Waals surface area (Å²) in [6.07, 6.45) is 6.12. The van der Waals surface area contributed by atoms with E-state index in [2.05, 4.69) is 25.8 Å². The predicted molar refractivity (Wildman–Crippen MR) is 172 cm³/mol. The van der Waals surface area contributed by atoms with Crippen molar-refractivity contribution in [2.24, 2.45) is 17.6 Å². The molecule has 2 amide bonds. The standard InChI is InChI=1S/C34H38N8O2/c35-19-22-10-12-23(13-11-22)34(44)40-29(33-37-20-30(39-33)25-14-15-26-28(17-25)41-42-32(26)36)18-24-8-4-5-9-27(24)38-31(43)16-21-6-2-1-3-7-21/h1-9,14-15,17,20,22-23,29H,10-13,16,18-19,35H2,(H,37,39)(H,38,43)(H,40,44)(H3,36,41,42)/t22-,23-,29-/m0/s1. The molecule has 0 unspecified atom stereocenters. The number of hydrogen-bond acceptors (Lipinski definition) is 6. The Kier molecular flexibility index (Phi) is 8.69. The molecule has 0 radical (unpaired) electrons. The minimum atomic E-state index is -0.442. The molecule has 1 fully saturated rings. The Bertz CT molecular complexity index is 1740. The lowest BCUT2D eigenvalue weighted by atomic mass is 9.81. The van der Waals surface area contributed by atoms with Crippen molar-refractivity contribution < 1.29 is 9.59 Å². The van der Waals surface area contributed by atoms with Gasteiger partial charge in [0.1, 0.15) is 5.82 Å². The summed E-state index contributed by atoms with van der Waals surface area (Å²) in [4.78, 5) is 34.8. The summed E-state index contributed by atoms with van der Waals surface area (Å²) >= 11 is 0. The molecule has 0 spiro atoms. The van der Waals surface area contributed by atoms with Crippen LogP contribution in [0.15, 0.2) is 79.0 Å². The first-order valence-corrected chi connectivity index (χ1v) is 15.2. The number of fused-ring (bicyclic) bond motifs is 1. The van der Waals surface area contributed by atoms with Crippen LogP contribution in [0.1, 0.15) is 48.7 Å². The maximum Gasteiger partial charge on any atom is 0.228 e. The van der Waals surface area contributed by atoms with Gasteiger partial charge < -0.3 is 27.1 Å². The number of hydrogen-bond donors (Lipinski definition) is 6. The highest BCUT2D eigenvalue weighted by molar-refractivity contribution is 5.93. The summed E-state index contributed by atoms with van der Waals surface area (Å²) in [6, 6.07) is 22.7. The molecular formula is C34H38N8O2. The first-order chi connectivity index (χ1) is 21.5. The molecule has 1 saturated carbocycles. The van der Waals surface area contributed by atoms with Crippen LogP contribution in [0, 0.1) is 11.8 Å². The highest BCUT2D eigenvalue weighted by Gasteiger charge is 2.29. The number of nitrogen functional groups attached to an aromatic ring is 1. The third kappa shape index (κ3) is 6.65. The zero-order valence-corrected chi connectivity index (χ0v) is 24.6. The third-order valence-electron chi connectivity index (χ3n) is 8.61. The number of carbonyl (C=O) groups excluding carboxylic acids is 2. The Labute approximate surface area is 256 Å². The number of nitrogens with zero attached hydrogens (tertiary/aromatic N) is 2. The van der Waals surface area contributed by atoms with Gasteiger partial charge in [-0.15, -0.1) is 0 Å². The van der Waals surface area contributed by atoms with E-state index in [1.807, 2.05) is 79.0 Å². The average molecular weight is 591 g/mol. The second-order valence-corrected chi connectivity index (χ2v) is 11.6. The lowest BCUT2D eigenvalue weighted by Crippen LogP contribution is -2.37. The van der Waals surface area contributed by atoms with Gasteiger partial charge in [0.2, 0.25) is 11.8 Å². The lowest BCUT2D eigenvalue weighted by molar-refractivity contribution is -0.127. The van der Waals surface area contributed by atoms with Crippen LogP contribution in [0.25, 0.3) is 22.2 Å². The second kappa shape index (κ2) is 13.1. The maximum absolute atomic E-state index is 13.6. The van der Waals surface area contributed by atoms with E-state index < -0.39 is 6.04 Å². The molecule has 1 atom stereocenters. The van der Waals surface area contributed by atoms with Gasteiger partial charge in [0, 0.05) is 35.2 Å². The van der Waals surface area contributed by atoms with Gasteiger partial charge in [0.05, 0.1) is 23.7 Å². The van der Waals surface area contributed by atoms with E-state index in [1.165, 1.54) is 0 Å². The zero-order chi connectivity index (χ0) is 30.5. The van der Waals surface area contributed by atoms with Crippen LogP contribution in [-0.2, 0) is 22.4 Å². The van der Waals surface area contributed by atoms with Crippen molar-refractivity contribution in [2.45, 2.75) is 44.6 Å². The average Bonchev–Trinajstić information content (AvgIpc) is 3.69. The molecule has 2 heterocycles. The largest absolute Gasteiger partial charge is 0.382 e. The van der Waals surface area contributed by atoms with E-state index in [0.29, 0.717) is 36.2 Å². The van der Waals surface area contributed by atoms with Crippen molar-refractivity contribution >= 4 is 34.2 Å². The van der Waals surface area contributed by atoms with Gasteiger partial charge in [0.15, 0.2) is 5.82 Å². The number of nitrogens with two attached hydrogens (primary N) is 2. The van der Waals surface area contributed by atoms with Gasteiger partial charge in [-0.3, -0.25) is 14.7 Å². The van der Waals surface area contributed by atoms with E-state index in [0.717, 1.165) is 59.0 Å². The molecule has 1 aliphatic carbocycles. The molecular weight excluding hydrogens is 552 g/mol. The molecule has 2 aromatic heterocycles. The van der Waals surface area contributed by atoms with Crippen LogP contribution < -0.4 is 22.1 Å². The number of benzene rings is 3. The van der Waals surface area contributed by atoms with Gasteiger partial charge in [-0.1, -0.05) is 54.6 Å². The number of H-pyrrole nitrogens is 2. The SMILES string of the molecule is NC[C@H]1CC[C@H](C(=O)N[C@@H](Cc2ccccc2NC(=O)Cc2ccccc2)c2nc(-c3ccc4c(N)n[nH]c4c3)c[nH]2)CC1. The molecule has 3 aromatic carbocycles. The predicted octanol–water partition coefficient (Wildman–Crippen LogP) is 4.88. The van der Waals surface area contributed by atoms with E-state index in [4.69, 9.17) is 16.5 Å². The maximum atomic E-state index is 13.6. The number of carbonyl (C=O) groups is 2. The Morgan fingerprint density at radius 1 is 0.977 bits per heavy atom. The van der Waals surface area contributed by atoms with Crippen LogP contribution in [0.3, 0.4) is 0 Å². The van der Waals surface area contributed by atoms with Gasteiger partial charge in [-0.25, -0.2) is 4.98 Å². The zero-order valence-electron chi connectivity index (χ0n) is 24.6. The highest BCUT2D eigenvalue weighted by atomic mass is 16.2. The van der Waals surface area contributed by atoms with Gasteiger partial charge in [0.25, 0.3) is 0 Å². The minimum Gasteiger partial charge on any atom is -0.382 e. The fourth-order valence-electron chi connectivity index (χ4n) is 6.04. The first kappa shape index (κ1) is 29.1.